The number of hydrogen-bond acceptors (Lipinski definition) is 4. The zero-order valence-corrected chi connectivity index (χ0v) is 9.66. The summed E-state index contributed by atoms with van der Waals surface area (Å²) in [6, 6.07) is 1.92. The smallest absolute Gasteiger partial charge is 0.323 e. The summed E-state index contributed by atoms with van der Waals surface area (Å²) in [7, 11) is 0. The van der Waals surface area contributed by atoms with Gasteiger partial charge in [-0.15, -0.1) is 0 Å². The van der Waals surface area contributed by atoms with E-state index < -0.39 is 11.9 Å². The molecule has 4 nitrogen and oxygen atoms in total. The van der Waals surface area contributed by atoms with Gasteiger partial charge >= 0.3 is 5.97 Å². The van der Waals surface area contributed by atoms with E-state index in [1.807, 2.05) is 19.9 Å². The molecule has 86 valence electrons. The molecule has 0 heterocycles. The number of nitriles is 1. The fourth-order valence-corrected chi connectivity index (χ4v) is 0.998. The number of carbonyl (C=O) groups is 1. The largest absolute Gasteiger partial charge is 0.465 e. The molecule has 15 heavy (non-hydrogen) atoms. The third-order valence-corrected chi connectivity index (χ3v) is 1.73. The van der Waals surface area contributed by atoms with Crippen LogP contribution in [0.15, 0.2) is 0 Å². The van der Waals surface area contributed by atoms with E-state index in [4.69, 9.17) is 14.7 Å². The Morgan fingerprint density at radius 1 is 1.47 bits per heavy atom. The molecule has 0 aromatic carbocycles. The zero-order chi connectivity index (χ0) is 11.7. The molecule has 0 aliphatic rings. The summed E-state index contributed by atoms with van der Waals surface area (Å²) < 4.78 is 10.1. The van der Waals surface area contributed by atoms with Crippen LogP contribution in [-0.4, -0.2) is 25.8 Å². The van der Waals surface area contributed by atoms with Crippen molar-refractivity contribution in [3.05, 3.63) is 0 Å². The fourth-order valence-electron chi connectivity index (χ4n) is 0.998. The number of carbonyl (C=O) groups excluding carboxylic acids is 1. The molecule has 0 aliphatic carbocycles. The Hall–Kier alpha value is -1.08. The Morgan fingerprint density at radius 3 is 2.60 bits per heavy atom. The van der Waals surface area contributed by atoms with E-state index in [0.717, 1.165) is 0 Å². The molecule has 0 radical (unpaired) electrons. The third kappa shape index (κ3) is 6.92. The zero-order valence-electron chi connectivity index (χ0n) is 9.66. The molecule has 1 atom stereocenters. The van der Waals surface area contributed by atoms with E-state index in [2.05, 4.69) is 0 Å². The van der Waals surface area contributed by atoms with Crippen LogP contribution in [0.2, 0.25) is 0 Å². The molecule has 0 amide bonds. The highest BCUT2D eigenvalue weighted by atomic mass is 16.5. The average molecular weight is 213 g/mol. The van der Waals surface area contributed by atoms with Gasteiger partial charge in [0.1, 0.15) is 5.92 Å². The molecular formula is C11H19NO3. The Balaban J connectivity index is 3.72. The van der Waals surface area contributed by atoms with Crippen molar-refractivity contribution in [1.82, 2.24) is 0 Å². The first-order chi connectivity index (χ1) is 7.11. The van der Waals surface area contributed by atoms with Crippen molar-refractivity contribution in [2.24, 2.45) is 11.8 Å². The van der Waals surface area contributed by atoms with Crippen LogP contribution >= 0.6 is 0 Å². The summed E-state index contributed by atoms with van der Waals surface area (Å²) in [6.45, 7) is 7.21. The molecule has 0 spiro atoms. The van der Waals surface area contributed by atoms with Gasteiger partial charge in [0, 0.05) is 13.2 Å². The summed E-state index contributed by atoms with van der Waals surface area (Å²) in [4.78, 5) is 11.2. The molecule has 0 bridgehead atoms. The molecule has 0 aliphatic heterocycles. The van der Waals surface area contributed by atoms with E-state index in [0.29, 0.717) is 32.2 Å². The van der Waals surface area contributed by atoms with E-state index in [9.17, 15) is 4.79 Å². The van der Waals surface area contributed by atoms with Crippen LogP contribution in [0.25, 0.3) is 0 Å². The van der Waals surface area contributed by atoms with Crippen LogP contribution in [-0.2, 0) is 14.3 Å². The highest BCUT2D eigenvalue weighted by Gasteiger charge is 2.18. The van der Waals surface area contributed by atoms with Crippen LogP contribution in [0, 0.1) is 23.2 Å². The SMILES string of the molecule is CCOC(=O)C(C#N)CCOCC(C)C. The Bertz CT molecular complexity index is 220. The van der Waals surface area contributed by atoms with Crippen molar-refractivity contribution in [1.29, 1.82) is 5.26 Å². The molecular weight excluding hydrogens is 194 g/mol. The molecule has 0 saturated carbocycles. The highest BCUT2D eigenvalue weighted by molar-refractivity contribution is 5.75. The van der Waals surface area contributed by atoms with Crippen molar-refractivity contribution in [3.63, 3.8) is 0 Å². The van der Waals surface area contributed by atoms with Gasteiger partial charge in [-0.3, -0.25) is 4.79 Å². The van der Waals surface area contributed by atoms with Crippen LogP contribution in [0.1, 0.15) is 27.2 Å². The van der Waals surface area contributed by atoms with Gasteiger partial charge in [-0.05, 0) is 19.3 Å². The number of ether oxygens (including phenoxy) is 2. The summed E-state index contributed by atoms with van der Waals surface area (Å²) in [5.74, 6) is -0.682. The molecule has 0 fully saturated rings. The molecule has 0 aromatic heterocycles. The molecule has 0 aromatic rings. The fraction of sp³-hybridized carbons (Fsp3) is 0.818. The summed E-state index contributed by atoms with van der Waals surface area (Å²) in [6.07, 6.45) is 0.405. The predicted octanol–water partition coefficient (Wildman–Crippen LogP) is 1.75. The van der Waals surface area contributed by atoms with E-state index in [-0.39, 0.29) is 0 Å². The Labute approximate surface area is 91.2 Å². The monoisotopic (exact) mass is 213 g/mol. The number of nitrogens with zero attached hydrogens (tertiary/aromatic N) is 1. The normalized spacial score (nSPS) is 12.2. The number of esters is 1. The minimum atomic E-state index is -0.697. The maximum absolute atomic E-state index is 11.2. The quantitative estimate of drug-likeness (QED) is 0.477. The summed E-state index contributed by atoms with van der Waals surface area (Å²) in [5.41, 5.74) is 0. The Morgan fingerprint density at radius 2 is 2.13 bits per heavy atom. The Kier molecular flexibility index (Phi) is 7.65. The average Bonchev–Trinajstić information content (AvgIpc) is 2.17. The lowest BCUT2D eigenvalue weighted by molar-refractivity contribution is -0.146. The summed E-state index contributed by atoms with van der Waals surface area (Å²) >= 11 is 0. The molecule has 0 rings (SSSR count). The third-order valence-electron chi connectivity index (χ3n) is 1.73. The van der Waals surface area contributed by atoms with Gasteiger partial charge in [-0.2, -0.15) is 5.26 Å². The van der Waals surface area contributed by atoms with Crippen molar-refractivity contribution >= 4 is 5.97 Å². The second-order valence-corrected chi connectivity index (χ2v) is 3.69. The lowest BCUT2D eigenvalue weighted by atomic mass is 10.1. The van der Waals surface area contributed by atoms with E-state index in [1.54, 1.807) is 6.92 Å². The van der Waals surface area contributed by atoms with Gasteiger partial charge in [0.05, 0.1) is 12.7 Å². The second kappa shape index (κ2) is 8.25. The number of hydrogen-bond donors (Lipinski definition) is 0. The van der Waals surface area contributed by atoms with Crippen LogP contribution in [0.3, 0.4) is 0 Å². The van der Waals surface area contributed by atoms with Crippen LogP contribution in [0.5, 0.6) is 0 Å². The standard InChI is InChI=1S/C11H19NO3/c1-4-15-11(13)10(7-12)5-6-14-8-9(2)3/h9-10H,4-6,8H2,1-3H3. The summed E-state index contributed by atoms with van der Waals surface area (Å²) in [5, 5.41) is 8.73. The maximum atomic E-state index is 11.2. The first-order valence-electron chi connectivity index (χ1n) is 5.25. The van der Waals surface area contributed by atoms with Crippen molar-refractivity contribution in [2.75, 3.05) is 19.8 Å². The van der Waals surface area contributed by atoms with Crippen molar-refractivity contribution in [3.8, 4) is 6.07 Å². The van der Waals surface area contributed by atoms with Crippen molar-refractivity contribution < 1.29 is 14.3 Å². The highest BCUT2D eigenvalue weighted by Crippen LogP contribution is 2.05. The van der Waals surface area contributed by atoms with Crippen LogP contribution < -0.4 is 0 Å². The minimum Gasteiger partial charge on any atom is -0.465 e. The number of rotatable bonds is 7. The lowest BCUT2D eigenvalue weighted by Crippen LogP contribution is -2.18. The van der Waals surface area contributed by atoms with E-state index in [1.165, 1.54) is 0 Å². The minimum absolute atomic E-state index is 0.309. The van der Waals surface area contributed by atoms with Gasteiger partial charge in [0.2, 0.25) is 0 Å². The maximum Gasteiger partial charge on any atom is 0.323 e. The molecule has 4 heteroatoms. The van der Waals surface area contributed by atoms with E-state index >= 15 is 0 Å². The lowest BCUT2D eigenvalue weighted by Gasteiger charge is -2.09. The van der Waals surface area contributed by atoms with Gasteiger partial charge < -0.3 is 9.47 Å². The van der Waals surface area contributed by atoms with Gasteiger partial charge in [-0.25, -0.2) is 0 Å². The first kappa shape index (κ1) is 13.9. The predicted molar refractivity (Wildman–Crippen MR) is 56.0 cm³/mol. The van der Waals surface area contributed by atoms with Gasteiger partial charge in [-0.1, -0.05) is 13.8 Å². The molecule has 1 unspecified atom stereocenters. The van der Waals surface area contributed by atoms with Crippen LogP contribution in [0.4, 0.5) is 0 Å². The topological polar surface area (TPSA) is 59.3 Å². The first-order valence-corrected chi connectivity index (χ1v) is 5.25. The second-order valence-electron chi connectivity index (χ2n) is 3.69. The van der Waals surface area contributed by atoms with Gasteiger partial charge in [0.15, 0.2) is 0 Å². The van der Waals surface area contributed by atoms with Gasteiger partial charge in [0.25, 0.3) is 0 Å². The molecule has 0 saturated heterocycles. The van der Waals surface area contributed by atoms with Crippen molar-refractivity contribution in [2.45, 2.75) is 27.2 Å². The molecule has 0 N–H and O–H groups in total.